The van der Waals surface area contributed by atoms with Gasteiger partial charge in [0.25, 0.3) is 5.69 Å². The van der Waals surface area contributed by atoms with Gasteiger partial charge < -0.3 is 19.8 Å². The first-order valence-corrected chi connectivity index (χ1v) is 11.8. The maximum atomic E-state index is 10.8. The molecule has 0 saturated heterocycles. The average molecular weight is 525 g/mol. The summed E-state index contributed by atoms with van der Waals surface area (Å²) in [7, 11) is 0. The van der Waals surface area contributed by atoms with Gasteiger partial charge in [-0.25, -0.2) is 4.98 Å². The molecule has 0 amide bonds. The van der Waals surface area contributed by atoms with Crippen molar-refractivity contribution in [1.29, 1.82) is 0 Å². The zero-order valence-electron chi connectivity index (χ0n) is 18.7. The maximum absolute atomic E-state index is 10.8. The second-order valence-electron chi connectivity index (χ2n) is 7.66. The summed E-state index contributed by atoms with van der Waals surface area (Å²) in [5, 5.41) is 14.3. The predicted molar refractivity (Wildman–Crippen MR) is 134 cm³/mol. The number of hydrogen-bond acceptors (Lipinski definition) is 6. The normalized spacial score (nSPS) is 11.0. The lowest BCUT2D eigenvalue weighted by molar-refractivity contribution is -0.384. The smallest absolute Gasteiger partial charge is 0.269 e. The zero-order valence-corrected chi connectivity index (χ0v) is 20.3. The summed E-state index contributed by atoms with van der Waals surface area (Å²) in [5.74, 6) is 2.22. The number of nitro benzene ring substituents is 1. The Morgan fingerprint density at radius 1 is 1.09 bits per heavy atom. The summed E-state index contributed by atoms with van der Waals surface area (Å²) < 4.78 is 12.7. The van der Waals surface area contributed by atoms with Gasteiger partial charge in [0.05, 0.1) is 22.6 Å². The molecule has 4 rings (SSSR count). The molecule has 1 heterocycles. The lowest BCUT2D eigenvalue weighted by atomic mass is 10.2. The second-order valence-corrected chi connectivity index (χ2v) is 8.52. The molecule has 176 valence electrons. The Balaban J connectivity index is 1.36. The van der Waals surface area contributed by atoms with E-state index in [2.05, 4.69) is 31.2 Å². The first-order valence-electron chi connectivity index (χ1n) is 11.0. The number of fused-ring (bicyclic) bond motifs is 1. The van der Waals surface area contributed by atoms with Gasteiger partial charge in [-0.3, -0.25) is 10.1 Å². The van der Waals surface area contributed by atoms with Crippen LogP contribution in [0.4, 0.5) is 5.69 Å². The molecule has 3 aromatic carbocycles. The number of halogens is 1. The van der Waals surface area contributed by atoms with Crippen LogP contribution in [0.15, 0.2) is 65.1 Å². The monoisotopic (exact) mass is 524 g/mol. The van der Waals surface area contributed by atoms with Crippen LogP contribution in [0, 0.1) is 10.1 Å². The number of imidazole rings is 1. The van der Waals surface area contributed by atoms with Gasteiger partial charge in [0, 0.05) is 36.1 Å². The minimum Gasteiger partial charge on any atom is -0.490 e. The third kappa shape index (κ3) is 5.92. The van der Waals surface area contributed by atoms with Gasteiger partial charge in [-0.2, -0.15) is 0 Å². The van der Waals surface area contributed by atoms with E-state index in [9.17, 15) is 10.1 Å². The summed E-state index contributed by atoms with van der Waals surface area (Å²) in [4.78, 5) is 18.4. The zero-order chi connectivity index (χ0) is 23.9. The van der Waals surface area contributed by atoms with Crippen molar-refractivity contribution in [2.45, 2.75) is 26.5 Å². The van der Waals surface area contributed by atoms with Gasteiger partial charge >= 0.3 is 0 Å². The van der Waals surface area contributed by atoms with Crippen molar-refractivity contribution in [2.24, 2.45) is 0 Å². The van der Waals surface area contributed by atoms with Crippen LogP contribution in [-0.2, 0) is 19.6 Å². The van der Waals surface area contributed by atoms with E-state index in [-0.39, 0.29) is 12.3 Å². The molecule has 0 fully saturated rings. The number of H-pyrrole nitrogens is 1. The predicted octanol–water partition coefficient (Wildman–Crippen LogP) is 5.54. The number of para-hydroxylation sites is 2. The molecule has 0 saturated carbocycles. The Morgan fingerprint density at radius 2 is 1.85 bits per heavy atom. The Labute approximate surface area is 205 Å². The van der Waals surface area contributed by atoms with Crippen LogP contribution in [0.5, 0.6) is 11.5 Å². The number of non-ortho nitro benzene ring substituents is 1. The van der Waals surface area contributed by atoms with E-state index in [0.717, 1.165) is 45.4 Å². The van der Waals surface area contributed by atoms with Gasteiger partial charge in [-0.1, -0.05) is 28.1 Å². The third-order valence-corrected chi connectivity index (χ3v) is 5.98. The molecule has 0 aliphatic carbocycles. The van der Waals surface area contributed by atoms with E-state index in [1.54, 1.807) is 12.1 Å². The highest BCUT2D eigenvalue weighted by molar-refractivity contribution is 9.10. The number of aromatic nitrogens is 2. The van der Waals surface area contributed by atoms with Crippen molar-refractivity contribution in [3.63, 3.8) is 0 Å². The Morgan fingerprint density at radius 3 is 2.59 bits per heavy atom. The largest absolute Gasteiger partial charge is 0.490 e. The number of nitrogens with zero attached hydrogens (tertiary/aromatic N) is 2. The fourth-order valence-corrected chi connectivity index (χ4v) is 3.99. The average Bonchev–Trinajstić information content (AvgIpc) is 3.25. The summed E-state index contributed by atoms with van der Waals surface area (Å²) >= 11 is 3.64. The first kappa shape index (κ1) is 23.7. The minimum absolute atomic E-state index is 0.0543. The van der Waals surface area contributed by atoms with E-state index in [1.807, 2.05) is 43.3 Å². The van der Waals surface area contributed by atoms with Gasteiger partial charge in [0.2, 0.25) is 0 Å². The van der Waals surface area contributed by atoms with Crippen LogP contribution < -0.4 is 14.8 Å². The molecule has 8 nitrogen and oxygen atoms in total. The standard InChI is InChI=1S/C25H25BrN4O4/c1-2-33-23-13-18(15-27-12-11-25-28-21-5-3-4-6-22(21)29-25)20(26)14-24(23)34-16-17-7-9-19(10-8-17)30(31)32/h3-10,13-14,27H,2,11-12,15-16H2,1H3,(H,28,29). The number of benzene rings is 3. The molecular weight excluding hydrogens is 500 g/mol. The number of nitro groups is 1. The lowest BCUT2D eigenvalue weighted by Crippen LogP contribution is -2.17. The number of aromatic amines is 1. The van der Waals surface area contributed by atoms with Gasteiger partial charge in [-0.05, 0) is 54.4 Å². The Hall–Kier alpha value is -3.43. The highest BCUT2D eigenvalue weighted by Crippen LogP contribution is 2.34. The van der Waals surface area contributed by atoms with Gasteiger partial charge in [-0.15, -0.1) is 0 Å². The van der Waals surface area contributed by atoms with Crippen molar-refractivity contribution < 1.29 is 14.4 Å². The molecule has 0 aliphatic heterocycles. The van der Waals surface area contributed by atoms with E-state index in [4.69, 9.17) is 9.47 Å². The summed E-state index contributed by atoms with van der Waals surface area (Å²) in [6, 6.07) is 18.2. The van der Waals surface area contributed by atoms with E-state index >= 15 is 0 Å². The summed E-state index contributed by atoms with van der Waals surface area (Å²) in [5.41, 5.74) is 3.96. The van der Waals surface area contributed by atoms with Crippen molar-refractivity contribution in [1.82, 2.24) is 15.3 Å². The fraction of sp³-hybridized carbons (Fsp3) is 0.240. The van der Waals surface area contributed by atoms with Crippen molar-refractivity contribution >= 4 is 32.7 Å². The molecule has 2 N–H and O–H groups in total. The van der Waals surface area contributed by atoms with Crippen LogP contribution in [-0.4, -0.2) is 28.0 Å². The molecule has 0 aliphatic rings. The van der Waals surface area contributed by atoms with Crippen molar-refractivity contribution in [3.05, 3.63) is 92.2 Å². The highest BCUT2D eigenvalue weighted by Gasteiger charge is 2.12. The fourth-order valence-electron chi connectivity index (χ4n) is 3.52. The molecule has 9 heteroatoms. The molecule has 0 bridgehead atoms. The minimum atomic E-state index is -0.418. The lowest BCUT2D eigenvalue weighted by Gasteiger charge is -2.15. The molecular formula is C25H25BrN4O4. The number of ether oxygens (including phenoxy) is 2. The highest BCUT2D eigenvalue weighted by atomic mass is 79.9. The molecule has 0 atom stereocenters. The topological polar surface area (TPSA) is 102 Å². The molecule has 4 aromatic rings. The number of hydrogen-bond donors (Lipinski definition) is 2. The van der Waals surface area contributed by atoms with E-state index < -0.39 is 4.92 Å². The van der Waals surface area contributed by atoms with Gasteiger partial charge in [0.15, 0.2) is 11.5 Å². The second kappa shape index (κ2) is 11.1. The SMILES string of the molecule is CCOc1cc(CNCCc2nc3ccccc3[nH]2)c(Br)cc1OCc1ccc([N+](=O)[O-])cc1. The van der Waals surface area contributed by atoms with E-state index in [1.165, 1.54) is 12.1 Å². The van der Waals surface area contributed by atoms with Gasteiger partial charge in [0.1, 0.15) is 12.4 Å². The third-order valence-electron chi connectivity index (χ3n) is 5.25. The van der Waals surface area contributed by atoms with Crippen LogP contribution in [0.2, 0.25) is 0 Å². The van der Waals surface area contributed by atoms with Crippen LogP contribution >= 0.6 is 15.9 Å². The molecule has 1 aromatic heterocycles. The quantitative estimate of drug-likeness (QED) is 0.151. The Bertz CT molecular complexity index is 1240. The molecule has 0 radical (unpaired) electrons. The number of rotatable bonds is 11. The summed E-state index contributed by atoms with van der Waals surface area (Å²) in [6.07, 6.45) is 0.793. The Kier molecular flexibility index (Phi) is 7.76. The molecule has 34 heavy (non-hydrogen) atoms. The molecule has 0 spiro atoms. The maximum Gasteiger partial charge on any atom is 0.269 e. The van der Waals surface area contributed by atoms with E-state index in [0.29, 0.717) is 24.7 Å². The van der Waals surface area contributed by atoms with Crippen molar-refractivity contribution in [2.75, 3.05) is 13.2 Å². The molecule has 0 unspecified atom stereocenters. The number of nitrogens with one attached hydrogen (secondary N) is 2. The first-order chi connectivity index (χ1) is 16.5. The van der Waals surface area contributed by atoms with Crippen molar-refractivity contribution in [3.8, 4) is 11.5 Å². The van der Waals surface area contributed by atoms with Crippen LogP contribution in [0.1, 0.15) is 23.9 Å². The van der Waals surface area contributed by atoms with Crippen LogP contribution in [0.25, 0.3) is 11.0 Å². The summed E-state index contributed by atoms with van der Waals surface area (Å²) in [6.45, 7) is 4.14. The van der Waals surface area contributed by atoms with Crippen LogP contribution in [0.3, 0.4) is 0 Å².